The van der Waals surface area contributed by atoms with Gasteiger partial charge in [0.2, 0.25) is 5.91 Å². The highest BCUT2D eigenvalue weighted by Gasteiger charge is 2.29. The fourth-order valence-electron chi connectivity index (χ4n) is 1.92. The number of nitrogens with zero attached hydrogens (tertiary/aromatic N) is 2. The monoisotopic (exact) mass is 228 g/mol. The topological polar surface area (TPSA) is 49.9 Å². The van der Waals surface area contributed by atoms with E-state index in [1.807, 2.05) is 0 Å². The van der Waals surface area contributed by atoms with Gasteiger partial charge in [0, 0.05) is 27.2 Å². The molecular formula is C11H20N2O3. The van der Waals surface area contributed by atoms with E-state index in [9.17, 15) is 9.59 Å². The molecule has 5 nitrogen and oxygen atoms in total. The van der Waals surface area contributed by atoms with Gasteiger partial charge in [0.05, 0.1) is 12.5 Å². The second-order valence-electron chi connectivity index (χ2n) is 4.22. The lowest BCUT2D eigenvalue weighted by Gasteiger charge is -2.32. The maximum Gasteiger partial charge on any atom is 0.409 e. The van der Waals surface area contributed by atoms with Crippen molar-refractivity contribution in [2.45, 2.75) is 19.8 Å². The van der Waals surface area contributed by atoms with Gasteiger partial charge in [-0.25, -0.2) is 4.79 Å². The minimum atomic E-state index is -0.307. The van der Waals surface area contributed by atoms with Crippen molar-refractivity contribution in [3.05, 3.63) is 0 Å². The average Bonchev–Trinajstić information content (AvgIpc) is 2.28. The Morgan fingerprint density at radius 1 is 1.44 bits per heavy atom. The Labute approximate surface area is 96.3 Å². The van der Waals surface area contributed by atoms with Crippen LogP contribution in [0.15, 0.2) is 0 Å². The Morgan fingerprint density at radius 3 is 2.69 bits per heavy atom. The molecule has 0 aromatic carbocycles. The van der Waals surface area contributed by atoms with Gasteiger partial charge in [0.1, 0.15) is 0 Å². The van der Waals surface area contributed by atoms with Crippen molar-refractivity contribution in [1.29, 1.82) is 0 Å². The van der Waals surface area contributed by atoms with Gasteiger partial charge in [-0.1, -0.05) is 0 Å². The van der Waals surface area contributed by atoms with E-state index >= 15 is 0 Å². The van der Waals surface area contributed by atoms with E-state index < -0.39 is 0 Å². The molecule has 1 fully saturated rings. The molecule has 0 aromatic rings. The molecule has 1 saturated heterocycles. The summed E-state index contributed by atoms with van der Waals surface area (Å²) in [4.78, 5) is 26.5. The molecule has 1 rings (SSSR count). The van der Waals surface area contributed by atoms with Crippen molar-refractivity contribution >= 4 is 12.0 Å². The van der Waals surface area contributed by atoms with Crippen LogP contribution in [0.2, 0.25) is 0 Å². The minimum absolute atomic E-state index is 0.0758. The lowest BCUT2D eigenvalue weighted by Crippen LogP contribution is -2.45. The molecule has 0 radical (unpaired) electrons. The van der Waals surface area contributed by atoms with Gasteiger partial charge in [-0.3, -0.25) is 4.79 Å². The summed E-state index contributed by atoms with van der Waals surface area (Å²) in [5.74, 6) is 0.0159. The Kier molecular flexibility index (Phi) is 4.58. The highest BCUT2D eigenvalue weighted by molar-refractivity contribution is 5.79. The van der Waals surface area contributed by atoms with E-state index in [1.54, 1.807) is 30.8 Å². The predicted molar refractivity (Wildman–Crippen MR) is 60.0 cm³/mol. The molecule has 0 spiro atoms. The maximum absolute atomic E-state index is 11.8. The molecule has 0 aliphatic carbocycles. The van der Waals surface area contributed by atoms with Crippen LogP contribution >= 0.6 is 0 Å². The third-order valence-corrected chi connectivity index (χ3v) is 2.74. The van der Waals surface area contributed by atoms with Crippen LogP contribution in [0.4, 0.5) is 4.79 Å². The van der Waals surface area contributed by atoms with Crippen molar-refractivity contribution in [3.63, 3.8) is 0 Å². The van der Waals surface area contributed by atoms with Crippen LogP contribution in [-0.2, 0) is 9.53 Å². The largest absolute Gasteiger partial charge is 0.450 e. The number of amides is 2. The summed E-state index contributed by atoms with van der Waals surface area (Å²) >= 11 is 0. The van der Waals surface area contributed by atoms with E-state index in [0.29, 0.717) is 19.7 Å². The molecule has 0 N–H and O–H groups in total. The SMILES string of the molecule is CCOC(=O)N1CCCC(C(=O)N(C)C)C1. The highest BCUT2D eigenvalue weighted by Crippen LogP contribution is 2.18. The van der Waals surface area contributed by atoms with Crippen LogP contribution in [0.5, 0.6) is 0 Å². The van der Waals surface area contributed by atoms with E-state index in [0.717, 1.165) is 12.8 Å². The molecule has 1 aliphatic rings. The van der Waals surface area contributed by atoms with Gasteiger partial charge in [-0.2, -0.15) is 0 Å². The standard InChI is InChI=1S/C11H20N2O3/c1-4-16-11(15)13-7-5-6-9(8-13)10(14)12(2)3/h9H,4-8H2,1-3H3. The van der Waals surface area contributed by atoms with Gasteiger partial charge in [-0.05, 0) is 19.8 Å². The molecule has 1 unspecified atom stereocenters. The smallest absolute Gasteiger partial charge is 0.409 e. The average molecular weight is 228 g/mol. The number of ether oxygens (including phenoxy) is 1. The molecule has 16 heavy (non-hydrogen) atoms. The Morgan fingerprint density at radius 2 is 2.12 bits per heavy atom. The third-order valence-electron chi connectivity index (χ3n) is 2.74. The van der Waals surface area contributed by atoms with Crippen LogP contribution < -0.4 is 0 Å². The third kappa shape index (κ3) is 3.12. The molecule has 0 bridgehead atoms. The summed E-state index contributed by atoms with van der Waals surface area (Å²) in [6.45, 7) is 3.33. The molecular weight excluding hydrogens is 208 g/mol. The zero-order valence-electron chi connectivity index (χ0n) is 10.2. The summed E-state index contributed by atoms with van der Waals surface area (Å²) in [7, 11) is 3.48. The Bertz CT molecular complexity index is 266. The number of carbonyl (C=O) groups excluding carboxylic acids is 2. The molecule has 0 saturated carbocycles. The number of carbonyl (C=O) groups is 2. The first-order valence-corrected chi connectivity index (χ1v) is 5.69. The number of hydrogen-bond donors (Lipinski definition) is 0. The molecule has 0 aromatic heterocycles. The Hall–Kier alpha value is -1.26. The molecule has 92 valence electrons. The van der Waals surface area contributed by atoms with E-state index in [2.05, 4.69) is 0 Å². The number of hydrogen-bond acceptors (Lipinski definition) is 3. The summed E-state index contributed by atoms with van der Waals surface area (Å²) in [5.41, 5.74) is 0. The first kappa shape index (κ1) is 12.8. The van der Waals surface area contributed by atoms with Crippen LogP contribution in [0.25, 0.3) is 0 Å². The predicted octanol–water partition coefficient (Wildman–Crippen LogP) is 0.943. The second-order valence-corrected chi connectivity index (χ2v) is 4.22. The van der Waals surface area contributed by atoms with Crippen LogP contribution in [0.3, 0.4) is 0 Å². The molecule has 2 amide bonds. The lowest BCUT2D eigenvalue weighted by molar-refractivity contribution is -0.134. The molecule has 1 atom stereocenters. The van der Waals surface area contributed by atoms with E-state index in [4.69, 9.17) is 4.74 Å². The van der Waals surface area contributed by atoms with Gasteiger partial charge in [0.25, 0.3) is 0 Å². The highest BCUT2D eigenvalue weighted by atomic mass is 16.6. The fraction of sp³-hybridized carbons (Fsp3) is 0.818. The summed E-state index contributed by atoms with van der Waals surface area (Å²) in [6, 6.07) is 0. The zero-order chi connectivity index (χ0) is 12.1. The van der Waals surface area contributed by atoms with Gasteiger partial charge in [0.15, 0.2) is 0 Å². The summed E-state index contributed by atoms with van der Waals surface area (Å²) in [5, 5.41) is 0. The van der Waals surface area contributed by atoms with Gasteiger partial charge >= 0.3 is 6.09 Å². The summed E-state index contributed by atoms with van der Waals surface area (Å²) < 4.78 is 4.93. The van der Waals surface area contributed by atoms with Crippen LogP contribution in [0, 0.1) is 5.92 Å². The first-order valence-electron chi connectivity index (χ1n) is 5.69. The van der Waals surface area contributed by atoms with Crippen LogP contribution in [-0.4, -0.2) is 55.6 Å². The minimum Gasteiger partial charge on any atom is -0.450 e. The Balaban J connectivity index is 2.53. The molecule has 1 heterocycles. The normalized spacial score (nSPS) is 20.4. The second kappa shape index (κ2) is 5.72. The first-order chi connectivity index (χ1) is 7.56. The lowest BCUT2D eigenvalue weighted by atomic mass is 9.97. The number of piperidine rings is 1. The zero-order valence-corrected chi connectivity index (χ0v) is 10.2. The van der Waals surface area contributed by atoms with E-state index in [1.165, 1.54) is 0 Å². The molecule has 1 aliphatic heterocycles. The molecule has 5 heteroatoms. The van der Waals surface area contributed by atoms with Crippen molar-refractivity contribution in [2.75, 3.05) is 33.8 Å². The quantitative estimate of drug-likeness (QED) is 0.707. The van der Waals surface area contributed by atoms with Crippen molar-refractivity contribution in [1.82, 2.24) is 9.80 Å². The number of rotatable bonds is 2. The van der Waals surface area contributed by atoms with Crippen molar-refractivity contribution < 1.29 is 14.3 Å². The summed E-state index contributed by atoms with van der Waals surface area (Å²) in [6.07, 6.45) is 1.41. The van der Waals surface area contributed by atoms with Gasteiger partial charge in [-0.15, -0.1) is 0 Å². The van der Waals surface area contributed by atoms with E-state index in [-0.39, 0.29) is 17.9 Å². The van der Waals surface area contributed by atoms with Gasteiger partial charge < -0.3 is 14.5 Å². The van der Waals surface area contributed by atoms with Crippen molar-refractivity contribution in [3.8, 4) is 0 Å². The fourth-order valence-corrected chi connectivity index (χ4v) is 1.92. The maximum atomic E-state index is 11.8. The van der Waals surface area contributed by atoms with Crippen molar-refractivity contribution in [2.24, 2.45) is 5.92 Å². The number of likely N-dealkylation sites (tertiary alicyclic amines) is 1. The van der Waals surface area contributed by atoms with Crippen LogP contribution in [0.1, 0.15) is 19.8 Å².